The van der Waals surface area contributed by atoms with E-state index in [0.717, 1.165) is 5.96 Å². The third-order valence-corrected chi connectivity index (χ3v) is 1.73. The van der Waals surface area contributed by atoms with Gasteiger partial charge in [0.05, 0.1) is 0 Å². The first-order valence-electron chi connectivity index (χ1n) is 4.69. The first kappa shape index (κ1) is 15.1. The number of aliphatic imine (C=N–C) groups is 1. The van der Waals surface area contributed by atoms with Crippen molar-refractivity contribution < 1.29 is 4.52 Å². The number of aromatic nitrogens is 2. The number of aryl methyl sites for hydroxylation is 1. The van der Waals surface area contributed by atoms with Crippen LogP contribution in [0.4, 0.5) is 0 Å². The van der Waals surface area contributed by atoms with Crippen molar-refractivity contribution in [2.45, 2.75) is 13.5 Å². The lowest BCUT2D eigenvalue weighted by atomic mass is 10.6. The summed E-state index contributed by atoms with van der Waals surface area (Å²) in [5.74, 6) is 2.04. The summed E-state index contributed by atoms with van der Waals surface area (Å²) in [4.78, 5) is 12.3. The van der Waals surface area contributed by atoms with Crippen LogP contribution in [-0.4, -0.2) is 54.1 Å². The molecule has 0 N–H and O–H groups in total. The van der Waals surface area contributed by atoms with Crippen LogP contribution in [-0.2, 0) is 6.54 Å². The Morgan fingerprint density at radius 1 is 1.25 bits per heavy atom. The van der Waals surface area contributed by atoms with Crippen LogP contribution in [0.3, 0.4) is 0 Å². The van der Waals surface area contributed by atoms with E-state index in [0.29, 0.717) is 18.3 Å². The van der Waals surface area contributed by atoms with Gasteiger partial charge in [0.25, 0.3) is 0 Å². The number of nitrogens with zero attached hydrogens (tertiary/aromatic N) is 5. The molecule has 0 bridgehead atoms. The minimum atomic E-state index is 0. The molecule has 0 amide bonds. The van der Waals surface area contributed by atoms with E-state index in [1.54, 1.807) is 6.92 Å². The first-order chi connectivity index (χ1) is 7.00. The molecular formula is C9H18IN5O. The standard InChI is InChI=1S/C9H17N5O.HI/c1-7-11-8(12-15-7)6-10-9(13(2)3)14(4)5;/h6H2,1-5H3;1H. The Hall–Kier alpha value is -0.860. The fraction of sp³-hybridized carbons (Fsp3) is 0.667. The second-order valence-electron chi connectivity index (χ2n) is 3.63. The van der Waals surface area contributed by atoms with Crippen molar-refractivity contribution in [2.75, 3.05) is 28.2 Å². The summed E-state index contributed by atoms with van der Waals surface area (Å²) in [6.45, 7) is 2.20. The fourth-order valence-corrected chi connectivity index (χ4v) is 1.23. The van der Waals surface area contributed by atoms with Crippen molar-refractivity contribution >= 4 is 29.9 Å². The van der Waals surface area contributed by atoms with E-state index >= 15 is 0 Å². The van der Waals surface area contributed by atoms with Gasteiger partial charge in [-0.25, -0.2) is 4.99 Å². The van der Waals surface area contributed by atoms with Crippen molar-refractivity contribution in [1.82, 2.24) is 19.9 Å². The van der Waals surface area contributed by atoms with Crippen LogP contribution in [0.25, 0.3) is 0 Å². The molecule has 0 atom stereocenters. The van der Waals surface area contributed by atoms with Gasteiger partial charge in [-0.05, 0) is 0 Å². The van der Waals surface area contributed by atoms with E-state index < -0.39 is 0 Å². The molecule has 7 heteroatoms. The fourth-order valence-electron chi connectivity index (χ4n) is 1.23. The average Bonchev–Trinajstić information content (AvgIpc) is 2.50. The Kier molecular flexibility index (Phi) is 6.31. The molecule has 0 aliphatic rings. The molecule has 92 valence electrons. The lowest BCUT2D eigenvalue weighted by Gasteiger charge is -2.22. The lowest BCUT2D eigenvalue weighted by Crippen LogP contribution is -2.35. The van der Waals surface area contributed by atoms with Gasteiger partial charge < -0.3 is 14.3 Å². The number of halogens is 1. The third-order valence-electron chi connectivity index (χ3n) is 1.73. The number of hydrogen-bond acceptors (Lipinski definition) is 4. The SMILES string of the molecule is Cc1nc(CN=C(N(C)C)N(C)C)no1.I. The molecule has 0 unspecified atom stereocenters. The van der Waals surface area contributed by atoms with E-state index in [1.807, 2.05) is 38.0 Å². The van der Waals surface area contributed by atoms with Gasteiger partial charge in [-0.15, -0.1) is 24.0 Å². The quantitative estimate of drug-likeness (QED) is 0.457. The highest BCUT2D eigenvalue weighted by atomic mass is 127. The minimum Gasteiger partial charge on any atom is -0.349 e. The zero-order valence-electron chi connectivity index (χ0n) is 10.3. The second kappa shape index (κ2) is 6.66. The summed E-state index contributed by atoms with van der Waals surface area (Å²) < 4.78 is 4.86. The number of guanidine groups is 1. The van der Waals surface area contributed by atoms with Crippen LogP contribution in [0.1, 0.15) is 11.7 Å². The Balaban J connectivity index is 0.00000225. The highest BCUT2D eigenvalue weighted by Crippen LogP contribution is 1.98. The molecule has 0 aliphatic heterocycles. The maximum atomic E-state index is 4.86. The Morgan fingerprint density at radius 2 is 1.81 bits per heavy atom. The van der Waals surface area contributed by atoms with Gasteiger partial charge in [-0.1, -0.05) is 5.16 Å². The molecule has 1 rings (SSSR count). The summed E-state index contributed by atoms with van der Waals surface area (Å²) in [5.41, 5.74) is 0. The van der Waals surface area contributed by atoms with Crippen LogP contribution in [0.5, 0.6) is 0 Å². The van der Waals surface area contributed by atoms with Crippen LogP contribution in [0, 0.1) is 6.92 Å². The molecule has 0 saturated carbocycles. The summed E-state index contributed by atoms with van der Waals surface area (Å²) in [6.07, 6.45) is 0. The summed E-state index contributed by atoms with van der Waals surface area (Å²) in [5, 5.41) is 3.78. The van der Waals surface area contributed by atoms with E-state index in [2.05, 4.69) is 15.1 Å². The van der Waals surface area contributed by atoms with Crippen molar-refractivity contribution in [1.29, 1.82) is 0 Å². The predicted molar refractivity (Wildman–Crippen MR) is 73.0 cm³/mol. The Bertz CT molecular complexity index is 337. The van der Waals surface area contributed by atoms with Gasteiger partial charge in [0.1, 0.15) is 6.54 Å². The second-order valence-corrected chi connectivity index (χ2v) is 3.63. The predicted octanol–water partition coefficient (Wildman–Crippen LogP) is 0.975. The van der Waals surface area contributed by atoms with E-state index in [9.17, 15) is 0 Å². The highest BCUT2D eigenvalue weighted by molar-refractivity contribution is 14.0. The monoisotopic (exact) mass is 339 g/mol. The van der Waals surface area contributed by atoms with Gasteiger partial charge in [0, 0.05) is 35.1 Å². The lowest BCUT2D eigenvalue weighted by molar-refractivity contribution is 0.387. The van der Waals surface area contributed by atoms with Crippen molar-refractivity contribution in [2.24, 2.45) is 4.99 Å². The van der Waals surface area contributed by atoms with E-state index in [4.69, 9.17) is 4.52 Å². The summed E-state index contributed by atoms with van der Waals surface area (Å²) in [6, 6.07) is 0. The molecule has 0 radical (unpaired) electrons. The molecule has 16 heavy (non-hydrogen) atoms. The van der Waals surface area contributed by atoms with Crippen molar-refractivity contribution in [3.63, 3.8) is 0 Å². The molecular weight excluding hydrogens is 321 g/mol. The summed E-state index contributed by atoms with van der Waals surface area (Å²) in [7, 11) is 7.78. The first-order valence-corrected chi connectivity index (χ1v) is 4.69. The molecule has 1 aromatic heterocycles. The molecule has 6 nitrogen and oxygen atoms in total. The maximum absolute atomic E-state index is 4.86. The third kappa shape index (κ3) is 4.33. The zero-order chi connectivity index (χ0) is 11.4. The molecule has 0 saturated heterocycles. The maximum Gasteiger partial charge on any atom is 0.223 e. The van der Waals surface area contributed by atoms with Gasteiger partial charge in [0.15, 0.2) is 11.8 Å². The molecule has 1 heterocycles. The van der Waals surface area contributed by atoms with E-state index in [-0.39, 0.29) is 24.0 Å². The summed E-state index contributed by atoms with van der Waals surface area (Å²) >= 11 is 0. The number of hydrogen-bond donors (Lipinski definition) is 0. The highest BCUT2D eigenvalue weighted by Gasteiger charge is 2.06. The number of rotatable bonds is 2. The topological polar surface area (TPSA) is 57.8 Å². The van der Waals surface area contributed by atoms with Gasteiger partial charge in [-0.2, -0.15) is 4.98 Å². The van der Waals surface area contributed by atoms with Crippen LogP contribution < -0.4 is 0 Å². The van der Waals surface area contributed by atoms with Crippen LogP contribution >= 0.6 is 24.0 Å². The average molecular weight is 339 g/mol. The van der Waals surface area contributed by atoms with Crippen LogP contribution in [0.15, 0.2) is 9.52 Å². The van der Waals surface area contributed by atoms with Crippen molar-refractivity contribution in [3.8, 4) is 0 Å². The van der Waals surface area contributed by atoms with E-state index in [1.165, 1.54) is 0 Å². The molecule has 0 spiro atoms. The minimum absolute atomic E-state index is 0. The van der Waals surface area contributed by atoms with Gasteiger partial charge in [-0.3, -0.25) is 0 Å². The smallest absolute Gasteiger partial charge is 0.223 e. The molecule has 1 aromatic rings. The molecule has 0 fully saturated rings. The molecule has 0 aromatic carbocycles. The van der Waals surface area contributed by atoms with Crippen LogP contribution in [0.2, 0.25) is 0 Å². The molecule has 0 aliphatic carbocycles. The van der Waals surface area contributed by atoms with Gasteiger partial charge in [0.2, 0.25) is 5.89 Å². The van der Waals surface area contributed by atoms with Crippen molar-refractivity contribution in [3.05, 3.63) is 11.7 Å². The largest absolute Gasteiger partial charge is 0.349 e. The Morgan fingerprint density at radius 3 is 2.19 bits per heavy atom. The zero-order valence-corrected chi connectivity index (χ0v) is 12.6. The van der Waals surface area contributed by atoms with Gasteiger partial charge >= 0.3 is 0 Å². The normalized spacial score (nSPS) is 9.31. The Labute approximate surface area is 113 Å².